The first-order chi connectivity index (χ1) is 13.5. The van der Waals surface area contributed by atoms with Gasteiger partial charge in [0, 0.05) is 22.7 Å². The number of hydrogen-bond acceptors (Lipinski definition) is 4. The molecule has 0 aliphatic heterocycles. The molecule has 0 aliphatic carbocycles. The van der Waals surface area contributed by atoms with Gasteiger partial charge in [0.1, 0.15) is 5.82 Å². The number of H-pyrrole nitrogens is 1. The van der Waals surface area contributed by atoms with Crippen LogP contribution < -0.4 is 10.9 Å². The zero-order valence-corrected chi connectivity index (χ0v) is 16.4. The maximum Gasteiger partial charge on any atom is 0.277 e. The van der Waals surface area contributed by atoms with Crippen molar-refractivity contribution in [1.29, 1.82) is 0 Å². The normalized spacial score (nSPS) is 11.1. The van der Waals surface area contributed by atoms with Gasteiger partial charge in [-0.1, -0.05) is 47.5 Å². The first-order valence-corrected chi connectivity index (χ1v) is 9.39. The Balaban J connectivity index is 1.61. The van der Waals surface area contributed by atoms with E-state index in [1.165, 1.54) is 10.1 Å². The van der Waals surface area contributed by atoms with E-state index < -0.39 is 0 Å². The largest absolute Gasteiger partial charge is 0.378 e. The number of halogens is 1. The minimum absolute atomic E-state index is 0.121. The van der Waals surface area contributed by atoms with Gasteiger partial charge < -0.3 is 5.32 Å². The van der Waals surface area contributed by atoms with Gasteiger partial charge >= 0.3 is 0 Å². The van der Waals surface area contributed by atoms with Crippen molar-refractivity contribution in [2.45, 2.75) is 26.8 Å². The zero-order chi connectivity index (χ0) is 19.7. The molecule has 0 aliphatic rings. The van der Waals surface area contributed by atoms with E-state index in [4.69, 9.17) is 11.6 Å². The SMILES string of the molecule is Cc1ccc(Cc2c(C)nc3nc(CNc4cccc(Cl)c4)[nH]n3c2=O)cc1. The monoisotopic (exact) mass is 393 g/mol. The number of rotatable bonds is 5. The van der Waals surface area contributed by atoms with Gasteiger partial charge in [-0.2, -0.15) is 9.50 Å². The Morgan fingerprint density at radius 1 is 1.11 bits per heavy atom. The Bertz CT molecular complexity index is 1190. The minimum atomic E-state index is -0.121. The molecular formula is C21H20ClN5O. The molecule has 6 nitrogen and oxygen atoms in total. The lowest BCUT2D eigenvalue weighted by Gasteiger charge is -2.05. The predicted molar refractivity (Wildman–Crippen MR) is 111 cm³/mol. The van der Waals surface area contributed by atoms with Crippen molar-refractivity contribution in [2.24, 2.45) is 0 Å². The molecule has 7 heteroatoms. The topological polar surface area (TPSA) is 75.1 Å². The molecule has 142 valence electrons. The van der Waals surface area contributed by atoms with Gasteiger partial charge in [0.25, 0.3) is 11.3 Å². The van der Waals surface area contributed by atoms with Crippen molar-refractivity contribution >= 4 is 23.1 Å². The van der Waals surface area contributed by atoms with Crippen molar-refractivity contribution in [1.82, 2.24) is 19.6 Å². The van der Waals surface area contributed by atoms with Crippen molar-refractivity contribution in [2.75, 3.05) is 5.32 Å². The fourth-order valence-electron chi connectivity index (χ4n) is 3.08. The van der Waals surface area contributed by atoms with Crippen LogP contribution in [-0.2, 0) is 13.0 Å². The maximum absolute atomic E-state index is 13.0. The summed E-state index contributed by atoms with van der Waals surface area (Å²) in [5.41, 5.74) is 4.39. The summed E-state index contributed by atoms with van der Waals surface area (Å²) >= 11 is 6.00. The summed E-state index contributed by atoms with van der Waals surface area (Å²) in [6, 6.07) is 15.6. The van der Waals surface area contributed by atoms with E-state index in [0.29, 0.717) is 40.8 Å². The standard InChI is InChI=1S/C21H20ClN5O/c1-13-6-8-15(9-7-13)10-18-14(2)24-21-25-19(26-27(21)20(18)28)12-23-17-5-3-4-16(22)11-17/h3-9,11,23H,10,12H2,1-2H3,(H,24,25,26). The second-order valence-electron chi connectivity index (χ2n) is 6.81. The van der Waals surface area contributed by atoms with Crippen LogP contribution in [0.15, 0.2) is 53.3 Å². The average molecular weight is 394 g/mol. The van der Waals surface area contributed by atoms with Crippen LogP contribution in [-0.4, -0.2) is 19.6 Å². The molecule has 2 heterocycles. The second kappa shape index (κ2) is 7.48. The number of fused-ring (bicyclic) bond motifs is 1. The number of aromatic nitrogens is 4. The van der Waals surface area contributed by atoms with Gasteiger partial charge in [-0.25, -0.2) is 4.98 Å². The van der Waals surface area contributed by atoms with Gasteiger partial charge in [0.05, 0.1) is 12.2 Å². The van der Waals surface area contributed by atoms with E-state index in [0.717, 1.165) is 11.3 Å². The lowest BCUT2D eigenvalue weighted by Crippen LogP contribution is -2.22. The second-order valence-corrected chi connectivity index (χ2v) is 7.25. The highest BCUT2D eigenvalue weighted by molar-refractivity contribution is 6.30. The Labute approximate surface area is 167 Å². The number of aromatic amines is 1. The molecule has 0 saturated carbocycles. The van der Waals surface area contributed by atoms with E-state index in [1.807, 2.05) is 62.4 Å². The van der Waals surface area contributed by atoms with Crippen molar-refractivity contribution in [3.05, 3.63) is 92.1 Å². The lowest BCUT2D eigenvalue weighted by atomic mass is 10.0. The molecule has 4 aromatic rings. The van der Waals surface area contributed by atoms with Crippen LogP contribution in [0.4, 0.5) is 5.69 Å². The van der Waals surface area contributed by atoms with Crippen molar-refractivity contribution in [3.63, 3.8) is 0 Å². The van der Waals surface area contributed by atoms with Crippen LogP contribution in [0.5, 0.6) is 0 Å². The molecule has 2 aromatic carbocycles. The van der Waals surface area contributed by atoms with Gasteiger partial charge in [-0.3, -0.25) is 9.89 Å². The number of nitrogens with one attached hydrogen (secondary N) is 2. The number of benzene rings is 2. The molecule has 0 saturated heterocycles. The van der Waals surface area contributed by atoms with E-state index in [2.05, 4.69) is 20.4 Å². The molecule has 0 radical (unpaired) electrons. The van der Waals surface area contributed by atoms with Gasteiger partial charge in [-0.15, -0.1) is 0 Å². The van der Waals surface area contributed by atoms with E-state index >= 15 is 0 Å². The summed E-state index contributed by atoms with van der Waals surface area (Å²) in [4.78, 5) is 21.9. The summed E-state index contributed by atoms with van der Waals surface area (Å²) in [6.45, 7) is 4.32. The van der Waals surface area contributed by atoms with Crippen LogP contribution in [0.25, 0.3) is 5.78 Å². The number of aryl methyl sites for hydroxylation is 2. The van der Waals surface area contributed by atoms with Gasteiger partial charge in [0.2, 0.25) is 0 Å². The fraction of sp³-hybridized carbons (Fsp3) is 0.190. The third-order valence-corrected chi connectivity index (χ3v) is 4.86. The van der Waals surface area contributed by atoms with Crippen LogP contribution in [0.2, 0.25) is 5.02 Å². The van der Waals surface area contributed by atoms with E-state index in [-0.39, 0.29) is 5.56 Å². The van der Waals surface area contributed by atoms with Gasteiger partial charge in [0.15, 0.2) is 0 Å². The summed E-state index contributed by atoms with van der Waals surface area (Å²) in [5, 5.41) is 6.94. The lowest BCUT2D eigenvalue weighted by molar-refractivity contribution is 0.832. The number of hydrogen-bond donors (Lipinski definition) is 2. The number of anilines is 1. The summed E-state index contributed by atoms with van der Waals surface area (Å²) in [7, 11) is 0. The van der Waals surface area contributed by atoms with E-state index in [1.54, 1.807) is 0 Å². The Kier molecular flexibility index (Phi) is 4.88. The molecule has 0 spiro atoms. The average Bonchev–Trinajstić information content (AvgIpc) is 3.08. The highest BCUT2D eigenvalue weighted by Crippen LogP contribution is 2.15. The highest BCUT2D eigenvalue weighted by atomic mass is 35.5. The molecule has 2 N–H and O–H groups in total. The number of nitrogens with zero attached hydrogens (tertiary/aromatic N) is 3. The maximum atomic E-state index is 13.0. The Morgan fingerprint density at radius 2 is 1.89 bits per heavy atom. The molecule has 0 bridgehead atoms. The molecule has 0 fully saturated rings. The third kappa shape index (κ3) is 3.77. The van der Waals surface area contributed by atoms with Crippen LogP contribution in [0.3, 0.4) is 0 Å². The quantitative estimate of drug-likeness (QED) is 0.539. The molecule has 4 rings (SSSR count). The summed E-state index contributed by atoms with van der Waals surface area (Å²) < 4.78 is 1.41. The van der Waals surface area contributed by atoms with Crippen LogP contribution in [0, 0.1) is 13.8 Å². The molecular weight excluding hydrogens is 374 g/mol. The summed E-state index contributed by atoms with van der Waals surface area (Å²) in [5.74, 6) is 0.995. The van der Waals surface area contributed by atoms with E-state index in [9.17, 15) is 4.79 Å². The smallest absolute Gasteiger partial charge is 0.277 e. The van der Waals surface area contributed by atoms with Crippen molar-refractivity contribution in [3.8, 4) is 0 Å². The molecule has 0 atom stereocenters. The predicted octanol–water partition coefficient (Wildman–Crippen LogP) is 3.89. The third-order valence-electron chi connectivity index (χ3n) is 4.63. The molecule has 2 aromatic heterocycles. The Hall–Kier alpha value is -3.12. The van der Waals surface area contributed by atoms with Crippen LogP contribution in [0.1, 0.15) is 28.2 Å². The summed E-state index contributed by atoms with van der Waals surface area (Å²) in [6.07, 6.45) is 0.538. The molecule has 28 heavy (non-hydrogen) atoms. The fourth-order valence-corrected chi connectivity index (χ4v) is 3.27. The molecule has 0 unspecified atom stereocenters. The molecule has 0 amide bonds. The van der Waals surface area contributed by atoms with Gasteiger partial charge in [-0.05, 0) is 37.6 Å². The van der Waals surface area contributed by atoms with Crippen LogP contribution >= 0.6 is 11.6 Å². The minimum Gasteiger partial charge on any atom is -0.378 e. The highest BCUT2D eigenvalue weighted by Gasteiger charge is 2.14. The zero-order valence-electron chi connectivity index (χ0n) is 15.7. The Morgan fingerprint density at radius 3 is 2.64 bits per heavy atom. The first-order valence-electron chi connectivity index (χ1n) is 9.02. The van der Waals surface area contributed by atoms with Crippen molar-refractivity contribution < 1.29 is 0 Å². The first kappa shape index (κ1) is 18.3.